The second-order valence-electron chi connectivity index (χ2n) is 9.36. The molecule has 1 fully saturated rings. The summed E-state index contributed by atoms with van der Waals surface area (Å²) in [6.45, 7) is 9.20. The number of aromatic nitrogens is 3. The van der Waals surface area contributed by atoms with Crippen LogP contribution in [0, 0.1) is 6.92 Å². The molecule has 1 N–H and O–H groups in total. The molecule has 0 saturated carbocycles. The fourth-order valence-electron chi connectivity index (χ4n) is 4.52. The first-order valence-corrected chi connectivity index (χ1v) is 13.4. The topological polar surface area (TPSA) is 87.8 Å². The maximum Gasteiger partial charge on any atom is 0.241 e. The third-order valence-electron chi connectivity index (χ3n) is 6.42. The maximum atomic E-state index is 10.5. The molecule has 1 saturated heterocycles. The van der Waals surface area contributed by atoms with Crippen molar-refractivity contribution in [3.8, 4) is 17.1 Å². The number of β-amino-alcohol motifs (C(OH)–C–C–N with tert-alkyl or cyclic N) is 1. The lowest BCUT2D eigenvalue weighted by Gasteiger charge is -2.34. The van der Waals surface area contributed by atoms with Crippen molar-refractivity contribution in [2.45, 2.75) is 39.3 Å². The molecule has 0 spiro atoms. The molecule has 36 heavy (non-hydrogen) atoms. The van der Waals surface area contributed by atoms with E-state index >= 15 is 0 Å². The SMILES string of the molecule is CCCc1ccc(-c2noc(CN3CCN(C[C@@H](O)COc4ccc5sc(C)nc5c4)CC3)n2)cc1. The Morgan fingerprint density at radius 3 is 2.61 bits per heavy atom. The lowest BCUT2D eigenvalue weighted by Crippen LogP contribution is -2.48. The monoisotopic (exact) mass is 507 g/mol. The Morgan fingerprint density at radius 1 is 1.06 bits per heavy atom. The van der Waals surface area contributed by atoms with Crippen LogP contribution in [-0.4, -0.2) is 75.5 Å². The van der Waals surface area contributed by atoms with E-state index in [1.165, 1.54) is 5.56 Å². The number of aliphatic hydroxyl groups excluding tert-OH is 1. The smallest absolute Gasteiger partial charge is 0.241 e. The van der Waals surface area contributed by atoms with Crippen LogP contribution in [0.2, 0.25) is 0 Å². The van der Waals surface area contributed by atoms with Crippen LogP contribution in [0.4, 0.5) is 0 Å². The average Bonchev–Trinajstić information content (AvgIpc) is 3.50. The molecule has 0 aliphatic carbocycles. The molecular weight excluding hydrogens is 474 g/mol. The summed E-state index contributed by atoms with van der Waals surface area (Å²) in [6.07, 6.45) is 1.67. The minimum atomic E-state index is -0.549. The first-order valence-electron chi connectivity index (χ1n) is 12.6. The molecule has 0 amide bonds. The lowest BCUT2D eigenvalue weighted by atomic mass is 10.1. The van der Waals surface area contributed by atoms with Gasteiger partial charge in [-0.1, -0.05) is 42.8 Å². The van der Waals surface area contributed by atoms with Gasteiger partial charge in [0.15, 0.2) is 0 Å². The van der Waals surface area contributed by atoms with Gasteiger partial charge in [-0.15, -0.1) is 11.3 Å². The van der Waals surface area contributed by atoms with Crippen LogP contribution in [0.3, 0.4) is 0 Å². The second kappa shape index (κ2) is 11.5. The van der Waals surface area contributed by atoms with Gasteiger partial charge in [-0.05, 0) is 31.0 Å². The van der Waals surface area contributed by atoms with Crippen molar-refractivity contribution in [3.05, 3.63) is 58.9 Å². The summed E-state index contributed by atoms with van der Waals surface area (Å²) in [4.78, 5) is 13.7. The molecule has 5 rings (SSSR count). The summed E-state index contributed by atoms with van der Waals surface area (Å²) in [5, 5.41) is 15.7. The van der Waals surface area contributed by atoms with E-state index in [4.69, 9.17) is 9.26 Å². The largest absolute Gasteiger partial charge is 0.491 e. The molecule has 3 heterocycles. The molecule has 0 unspecified atom stereocenters. The van der Waals surface area contributed by atoms with E-state index in [0.717, 1.165) is 65.6 Å². The third kappa shape index (κ3) is 6.28. The first kappa shape index (κ1) is 24.8. The van der Waals surface area contributed by atoms with Crippen molar-refractivity contribution in [1.29, 1.82) is 0 Å². The summed E-state index contributed by atoms with van der Waals surface area (Å²) < 4.78 is 12.5. The van der Waals surface area contributed by atoms with Crippen molar-refractivity contribution in [2.24, 2.45) is 0 Å². The quantitative estimate of drug-likeness (QED) is 0.342. The van der Waals surface area contributed by atoms with Crippen LogP contribution >= 0.6 is 11.3 Å². The minimum absolute atomic E-state index is 0.263. The van der Waals surface area contributed by atoms with Crippen molar-refractivity contribution < 1.29 is 14.4 Å². The molecule has 0 bridgehead atoms. The van der Waals surface area contributed by atoms with Crippen LogP contribution in [-0.2, 0) is 13.0 Å². The van der Waals surface area contributed by atoms with Crippen molar-refractivity contribution in [3.63, 3.8) is 0 Å². The Morgan fingerprint density at radius 2 is 1.83 bits per heavy atom. The van der Waals surface area contributed by atoms with E-state index in [-0.39, 0.29) is 6.61 Å². The summed E-state index contributed by atoms with van der Waals surface area (Å²) in [6, 6.07) is 14.3. The molecule has 1 aliphatic heterocycles. The van der Waals surface area contributed by atoms with Crippen LogP contribution in [0.15, 0.2) is 47.0 Å². The van der Waals surface area contributed by atoms with E-state index < -0.39 is 6.10 Å². The predicted octanol–water partition coefficient (Wildman–Crippen LogP) is 4.16. The number of aliphatic hydroxyl groups is 1. The molecule has 4 aromatic rings. The van der Waals surface area contributed by atoms with Crippen LogP contribution in [0.1, 0.15) is 29.8 Å². The molecule has 2 aromatic carbocycles. The standard InChI is InChI=1S/C27H33N5O3S/c1-3-4-20-5-7-21(8-6-20)27-29-26(35-30-27)17-32-13-11-31(12-14-32)16-22(33)18-34-23-9-10-25-24(15-23)28-19(2)36-25/h5-10,15,22,33H,3-4,11-14,16-18H2,1-2H3/t22-/m1/s1. The molecule has 9 heteroatoms. The van der Waals surface area contributed by atoms with Crippen molar-refractivity contribution in [1.82, 2.24) is 24.9 Å². The molecule has 190 valence electrons. The zero-order valence-corrected chi connectivity index (χ0v) is 21.7. The fraction of sp³-hybridized carbons (Fsp3) is 0.444. The third-order valence-corrected chi connectivity index (χ3v) is 7.37. The molecule has 1 aliphatic rings. The maximum absolute atomic E-state index is 10.5. The van der Waals surface area contributed by atoms with E-state index in [2.05, 4.69) is 56.1 Å². The van der Waals surface area contributed by atoms with E-state index in [1.807, 2.05) is 25.1 Å². The average molecular weight is 508 g/mol. The number of aryl methyl sites for hydroxylation is 2. The number of fused-ring (bicyclic) bond motifs is 1. The number of nitrogens with zero attached hydrogens (tertiary/aromatic N) is 5. The van der Waals surface area contributed by atoms with E-state index in [0.29, 0.717) is 24.8 Å². The van der Waals surface area contributed by atoms with Gasteiger partial charge in [0, 0.05) is 44.4 Å². The fourth-order valence-corrected chi connectivity index (χ4v) is 5.33. The van der Waals surface area contributed by atoms with Gasteiger partial charge in [0.2, 0.25) is 11.7 Å². The highest BCUT2D eigenvalue weighted by Gasteiger charge is 2.21. The van der Waals surface area contributed by atoms with E-state index in [9.17, 15) is 5.11 Å². The van der Waals surface area contributed by atoms with Gasteiger partial charge in [0.05, 0.1) is 21.8 Å². The van der Waals surface area contributed by atoms with Crippen LogP contribution in [0.5, 0.6) is 5.75 Å². The van der Waals surface area contributed by atoms with Crippen LogP contribution in [0.25, 0.3) is 21.6 Å². The Balaban J connectivity index is 1.05. The van der Waals surface area contributed by atoms with Crippen molar-refractivity contribution in [2.75, 3.05) is 39.3 Å². The zero-order chi connectivity index (χ0) is 24.9. The Bertz CT molecular complexity index is 1260. The molecule has 1 atom stereocenters. The first-order chi connectivity index (χ1) is 17.6. The Hall–Kier alpha value is -2.85. The summed E-state index contributed by atoms with van der Waals surface area (Å²) >= 11 is 1.67. The normalized spacial score (nSPS) is 16.0. The number of benzene rings is 2. The van der Waals surface area contributed by atoms with E-state index in [1.54, 1.807) is 11.3 Å². The number of hydrogen-bond donors (Lipinski definition) is 1. The molecule has 0 radical (unpaired) electrons. The number of hydrogen-bond acceptors (Lipinski definition) is 9. The van der Waals surface area contributed by atoms with Gasteiger partial charge in [-0.25, -0.2) is 4.98 Å². The summed E-state index contributed by atoms with van der Waals surface area (Å²) in [5.74, 6) is 2.02. The molecule has 2 aromatic heterocycles. The Kier molecular flexibility index (Phi) is 7.91. The van der Waals surface area contributed by atoms with Gasteiger partial charge in [-0.3, -0.25) is 9.80 Å². The van der Waals surface area contributed by atoms with Gasteiger partial charge >= 0.3 is 0 Å². The second-order valence-corrected chi connectivity index (χ2v) is 10.6. The van der Waals surface area contributed by atoms with Gasteiger partial charge in [-0.2, -0.15) is 4.98 Å². The minimum Gasteiger partial charge on any atom is -0.491 e. The van der Waals surface area contributed by atoms with Gasteiger partial charge in [0.25, 0.3) is 0 Å². The van der Waals surface area contributed by atoms with Crippen LogP contribution < -0.4 is 4.74 Å². The zero-order valence-electron chi connectivity index (χ0n) is 20.9. The lowest BCUT2D eigenvalue weighted by molar-refractivity contribution is 0.0426. The summed E-state index contributed by atoms with van der Waals surface area (Å²) in [7, 11) is 0. The predicted molar refractivity (Wildman–Crippen MR) is 141 cm³/mol. The van der Waals surface area contributed by atoms with Gasteiger partial charge < -0.3 is 14.4 Å². The molecular formula is C27H33N5O3S. The highest BCUT2D eigenvalue weighted by molar-refractivity contribution is 7.18. The number of rotatable bonds is 10. The van der Waals surface area contributed by atoms with Gasteiger partial charge in [0.1, 0.15) is 18.5 Å². The highest BCUT2D eigenvalue weighted by atomic mass is 32.1. The summed E-state index contributed by atoms with van der Waals surface area (Å²) in [5.41, 5.74) is 3.25. The number of ether oxygens (including phenoxy) is 1. The Labute approximate surface area is 215 Å². The number of piperazine rings is 1. The molecule has 8 nitrogen and oxygen atoms in total. The highest BCUT2D eigenvalue weighted by Crippen LogP contribution is 2.25. The van der Waals surface area contributed by atoms with Crippen molar-refractivity contribution >= 4 is 21.6 Å². The number of thiazole rings is 1.